The van der Waals surface area contributed by atoms with Crippen LogP contribution in [-0.4, -0.2) is 41.9 Å². The fourth-order valence-corrected chi connectivity index (χ4v) is 3.40. The summed E-state index contributed by atoms with van der Waals surface area (Å²) in [5.74, 6) is -0.717. The summed E-state index contributed by atoms with van der Waals surface area (Å²) in [5.41, 5.74) is 1.24. The summed E-state index contributed by atoms with van der Waals surface area (Å²) in [4.78, 5) is 7.65. The summed E-state index contributed by atoms with van der Waals surface area (Å²) >= 11 is 0. The lowest BCUT2D eigenvalue weighted by Gasteiger charge is -2.15. The second-order valence-electron chi connectivity index (χ2n) is 5.36. The van der Waals surface area contributed by atoms with Crippen LogP contribution in [0.15, 0.2) is 47.6 Å². The van der Waals surface area contributed by atoms with Crippen molar-refractivity contribution in [3.63, 3.8) is 0 Å². The zero-order valence-electron chi connectivity index (χ0n) is 12.9. The van der Waals surface area contributed by atoms with Crippen molar-refractivity contribution >= 4 is 20.9 Å². The molecule has 0 saturated carbocycles. The molecule has 3 rings (SSSR count). The van der Waals surface area contributed by atoms with Crippen LogP contribution in [-0.2, 0) is 10.0 Å². The molecular formula is C16H14FN3O3S. The lowest BCUT2D eigenvalue weighted by atomic mass is 10.0. The standard InChI is InChI=1S/C16H14FN3O3S/c1-20(2)24(22,23)14-8-11(10-3-5-12(17)6-4-10)7-13-15(14)18-9-19-16(13)21/h3-9H,1-2H3,(H,18,19,21). The number of halogens is 1. The lowest BCUT2D eigenvalue weighted by Crippen LogP contribution is -2.22. The van der Waals surface area contributed by atoms with Crippen molar-refractivity contribution in [1.29, 1.82) is 0 Å². The van der Waals surface area contributed by atoms with E-state index < -0.39 is 15.8 Å². The van der Waals surface area contributed by atoms with E-state index in [0.717, 1.165) is 10.6 Å². The van der Waals surface area contributed by atoms with Crippen LogP contribution in [0, 0.1) is 5.82 Å². The Bertz CT molecular complexity index is 1020. The van der Waals surface area contributed by atoms with E-state index in [1.54, 1.807) is 6.07 Å². The normalized spacial score (nSPS) is 12.0. The highest BCUT2D eigenvalue weighted by molar-refractivity contribution is 7.89. The van der Waals surface area contributed by atoms with E-state index in [2.05, 4.69) is 9.97 Å². The molecule has 0 spiro atoms. The van der Waals surface area contributed by atoms with Gasteiger partial charge in [0.2, 0.25) is 15.9 Å². The first-order valence-corrected chi connectivity index (χ1v) is 8.41. The van der Waals surface area contributed by atoms with Gasteiger partial charge in [0.25, 0.3) is 0 Å². The van der Waals surface area contributed by atoms with Crippen LogP contribution in [0.3, 0.4) is 0 Å². The second-order valence-corrected chi connectivity index (χ2v) is 7.48. The van der Waals surface area contributed by atoms with Crippen LogP contribution < -0.4 is 0 Å². The third kappa shape index (κ3) is 2.70. The summed E-state index contributed by atoms with van der Waals surface area (Å²) in [6.45, 7) is 0. The number of hydrogen-bond donors (Lipinski definition) is 1. The quantitative estimate of drug-likeness (QED) is 0.786. The van der Waals surface area contributed by atoms with Gasteiger partial charge in [0, 0.05) is 14.1 Å². The number of benzene rings is 2. The van der Waals surface area contributed by atoms with Crippen LogP contribution in [0.25, 0.3) is 22.0 Å². The van der Waals surface area contributed by atoms with Gasteiger partial charge in [-0.1, -0.05) is 12.1 Å². The maximum absolute atomic E-state index is 13.1. The number of nitrogens with zero attached hydrogens (tertiary/aromatic N) is 3. The Hall–Kier alpha value is -2.58. The number of sulfonamides is 1. The molecule has 8 heteroatoms. The maximum Gasteiger partial charge on any atom is 0.244 e. The van der Waals surface area contributed by atoms with E-state index in [1.165, 1.54) is 44.4 Å². The Kier molecular flexibility index (Phi) is 3.94. The minimum absolute atomic E-state index is 0.0537. The number of rotatable bonds is 3. The van der Waals surface area contributed by atoms with Gasteiger partial charge in [0.15, 0.2) is 0 Å². The van der Waals surface area contributed by atoms with Crippen LogP contribution in [0.1, 0.15) is 0 Å². The fourth-order valence-electron chi connectivity index (χ4n) is 2.32. The molecule has 3 aromatic rings. The van der Waals surface area contributed by atoms with Gasteiger partial charge in [-0.25, -0.2) is 27.1 Å². The molecule has 0 unspecified atom stereocenters. The third-order valence-corrected chi connectivity index (χ3v) is 5.45. The van der Waals surface area contributed by atoms with Crippen LogP contribution in [0.5, 0.6) is 5.88 Å². The van der Waals surface area contributed by atoms with Crippen molar-refractivity contribution in [2.75, 3.05) is 14.1 Å². The van der Waals surface area contributed by atoms with Gasteiger partial charge in [-0.05, 0) is 35.4 Å². The highest BCUT2D eigenvalue weighted by Gasteiger charge is 2.23. The van der Waals surface area contributed by atoms with Crippen LogP contribution in [0.4, 0.5) is 4.39 Å². The first kappa shape index (κ1) is 16.3. The molecule has 0 saturated heterocycles. The molecule has 0 fully saturated rings. The molecule has 6 nitrogen and oxygen atoms in total. The molecule has 0 aliphatic carbocycles. The number of aromatic hydroxyl groups is 1. The molecule has 24 heavy (non-hydrogen) atoms. The molecule has 0 aliphatic heterocycles. The van der Waals surface area contributed by atoms with Gasteiger partial charge in [0.05, 0.1) is 10.9 Å². The van der Waals surface area contributed by atoms with Gasteiger partial charge in [-0.3, -0.25) is 0 Å². The smallest absolute Gasteiger partial charge is 0.244 e. The fraction of sp³-hybridized carbons (Fsp3) is 0.125. The Morgan fingerprint density at radius 2 is 1.71 bits per heavy atom. The zero-order valence-corrected chi connectivity index (χ0v) is 13.7. The van der Waals surface area contributed by atoms with Crippen molar-refractivity contribution in [3.05, 3.63) is 48.5 Å². The number of aromatic nitrogens is 2. The third-order valence-electron chi connectivity index (χ3n) is 3.62. The van der Waals surface area contributed by atoms with Crippen molar-refractivity contribution in [2.24, 2.45) is 0 Å². The predicted molar refractivity (Wildman–Crippen MR) is 87.5 cm³/mol. The minimum atomic E-state index is -3.80. The van der Waals surface area contributed by atoms with Gasteiger partial charge in [-0.15, -0.1) is 0 Å². The molecule has 1 heterocycles. The first-order valence-electron chi connectivity index (χ1n) is 6.97. The molecule has 0 radical (unpaired) electrons. The first-order chi connectivity index (χ1) is 11.3. The van der Waals surface area contributed by atoms with Gasteiger partial charge in [-0.2, -0.15) is 0 Å². The minimum Gasteiger partial charge on any atom is -0.493 e. The van der Waals surface area contributed by atoms with E-state index in [4.69, 9.17) is 0 Å². The molecule has 0 amide bonds. The largest absolute Gasteiger partial charge is 0.493 e. The molecule has 1 N–H and O–H groups in total. The Morgan fingerprint density at radius 3 is 2.33 bits per heavy atom. The average molecular weight is 347 g/mol. The van der Waals surface area contributed by atoms with E-state index in [0.29, 0.717) is 11.1 Å². The van der Waals surface area contributed by atoms with E-state index >= 15 is 0 Å². The average Bonchev–Trinajstić information content (AvgIpc) is 2.55. The summed E-state index contributed by atoms with van der Waals surface area (Å²) in [6.07, 6.45) is 1.10. The molecule has 124 valence electrons. The summed E-state index contributed by atoms with van der Waals surface area (Å²) in [7, 11) is -0.982. The summed E-state index contributed by atoms with van der Waals surface area (Å²) < 4.78 is 39.4. The second kappa shape index (κ2) is 5.81. The SMILES string of the molecule is CN(C)S(=O)(=O)c1cc(-c2ccc(F)cc2)cc2c(O)ncnc12. The Morgan fingerprint density at radius 1 is 1.04 bits per heavy atom. The molecule has 0 atom stereocenters. The molecule has 0 bridgehead atoms. The number of fused-ring (bicyclic) bond motifs is 1. The monoisotopic (exact) mass is 347 g/mol. The predicted octanol–water partition coefficient (Wildman–Crippen LogP) is 2.39. The Labute approximate surface area is 138 Å². The summed E-state index contributed by atoms with van der Waals surface area (Å²) in [5, 5.41) is 10.2. The molecule has 1 aromatic heterocycles. The molecule has 2 aromatic carbocycles. The highest BCUT2D eigenvalue weighted by Crippen LogP contribution is 2.33. The van der Waals surface area contributed by atoms with Gasteiger partial charge >= 0.3 is 0 Å². The van der Waals surface area contributed by atoms with Crippen molar-refractivity contribution in [3.8, 4) is 17.0 Å². The van der Waals surface area contributed by atoms with Gasteiger partial charge in [0.1, 0.15) is 17.0 Å². The van der Waals surface area contributed by atoms with Crippen LogP contribution >= 0.6 is 0 Å². The highest BCUT2D eigenvalue weighted by atomic mass is 32.2. The van der Waals surface area contributed by atoms with Gasteiger partial charge < -0.3 is 5.11 Å². The maximum atomic E-state index is 13.1. The molecular weight excluding hydrogens is 333 g/mol. The lowest BCUT2D eigenvalue weighted by molar-refractivity contribution is 0.459. The van der Waals surface area contributed by atoms with Crippen molar-refractivity contribution < 1.29 is 17.9 Å². The number of hydrogen-bond acceptors (Lipinski definition) is 5. The van der Waals surface area contributed by atoms with E-state index in [9.17, 15) is 17.9 Å². The molecule has 0 aliphatic rings. The van der Waals surface area contributed by atoms with E-state index in [1.807, 2.05) is 0 Å². The van der Waals surface area contributed by atoms with Crippen LogP contribution in [0.2, 0.25) is 0 Å². The summed E-state index contributed by atoms with van der Waals surface area (Å²) in [6, 6.07) is 8.65. The zero-order chi connectivity index (χ0) is 17.5. The van der Waals surface area contributed by atoms with E-state index in [-0.39, 0.29) is 21.7 Å². The topological polar surface area (TPSA) is 83.4 Å². The van der Waals surface area contributed by atoms with Crippen molar-refractivity contribution in [1.82, 2.24) is 14.3 Å². The van der Waals surface area contributed by atoms with Crippen molar-refractivity contribution in [2.45, 2.75) is 4.90 Å². The Balaban J connectivity index is 2.38.